The fourth-order valence-electron chi connectivity index (χ4n) is 5.90. The Bertz CT molecular complexity index is 1300. The SMILES string of the molecule is O=C(N[C@@H]1C[C@H]2CC[C@H]1C2)N[C@@](Cc1ccccc1)(c1cccc(OC(F)(F)C(F)F)c1)c1ccc(Cl)cn1. The van der Waals surface area contributed by atoms with Crippen LogP contribution in [0.4, 0.5) is 22.4 Å². The summed E-state index contributed by atoms with van der Waals surface area (Å²) in [5.74, 6) is 0.559. The molecule has 1 aromatic heterocycles. The molecule has 1 heterocycles. The Labute approximate surface area is 228 Å². The number of nitrogens with zero attached hydrogens (tertiary/aromatic N) is 1. The van der Waals surface area contributed by atoms with Gasteiger partial charge in [0.05, 0.1) is 10.7 Å². The van der Waals surface area contributed by atoms with E-state index in [0.29, 0.717) is 28.1 Å². The summed E-state index contributed by atoms with van der Waals surface area (Å²) in [6.07, 6.45) is -2.84. The summed E-state index contributed by atoms with van der Waals surface area (Å²) in [6.45, 7) is 0. The standard InChI is InChI=1S/C29H28ClF4N3O2/c30-22-11-12-25(35-17-22)28(16-18-5-2-1-3-6-18,37-27(38)36-24-14-19-9-10-20(24)13-19)21-7-4-8-23(15-21)39-29(33,34)26(31)32/h1-8,11-12,15,17,19-20,24,26H,9-10,13-14,16H2,(H2,36,37,38)/t19-,20-,24+,28-/m0/s1. The molecular weight excluding hydrogens is 534 g/mol. The van der Waals surface area contributed by atoms with Crippen LogP contribution in [-0.4, -0.2) is 29.6 Å². The van der Waals surface area contributed by atoms with Gasteiger partial charge in [0.1, 0.15) is 11.3 Å². The number of carbonyl (C=O) groups excluding carboxylic acids is 1. The molecule has 0 radical (unpaired) electrons. The third-order valence-corrected chi connectivity index (χ3v) is 7.92. The molecule has 3 aromatic rings. The highest BCUT2D eigenvalue weighted by molar-refractivity contribution is 6.30. The number of hydrogen-bond acceptors (Lipinski definition) is 3. The van der Waals surface area contributed by atoms with Gasteiger partial charge in [-0.05, 0) is 66.5 Å². The molecule has 2 amide bonds. The maximum absolute atomic E-state index is 13.8. The van der Waals surface area contributed by atoms with Gasteiger partial charge < -0.3 is 15.4 Å². The van der Waals surface area contributed by atoms with Crippen LogP contribution in [0.2, 0.25) is 5.02 Å². The molecule has 206 valence electrons. The molecule has 4 atom stereocenters. The van der Waals surface area contributed by atoms with Gasteiger partial charge in [0, 0.05) is 18.7 Å². The smallest absolute Gasteiger partial charge is 0.428 e. The lowest BCUT2D eigenvalue weighted by molar-refractivity contribution is -0.253. The van der Waals surface area contributed by atoms with Crippen LogP contribution < -0.4 is 15.4 Å². The average molecular weight is 562 g/mol. The Kier molecular flexibility index (Phi) is 7.71. The van der Waals surface area contributed by atoms with Gasteiger partial charge in [0.15, 0.2) is 0 Å². The van der Waals surface area contributed by atoms with Crippen molar-refractivity contribution in [2.24, 2.45) is 11.8 Å². The number of ether oxygens (including phenoxy) is 1. The highest BCUT2D eigenvalue weighted by Crippen LogP contribution is 2.44. The van der Waals surface area contributed by atoms with Crippen molar-refractivity contribution in [3.63, 3.8) is 0 Å². The Morgan fingerprint density at radius 2 is 1.85 bits per heavy atom. The van der Waals surface area contributed by atoms with E-state index in [1.54, 1.807) is 18.2 Å². The monoisotopic (exact) mass is 561 g/mol. The van der Waals surface area contributed by atoms with E-state index in [9.17, 15) is 22.4 Å². The fraction of sp³-hybridized carbons (Fsp3) is 0.379. The Hall–Kier alpha value is -3.33. The van der Waals surface area contributed by atoms with Crippen LogP contribution in [-0.2, 0) is 12.0 Å². The molecule has 2 aliphatic rings. The lowest BCUT2D eigenvalue weighted by atomic mass is 9.80. The number of alkyl halides is 4. The van der Waals surface area contributed by atoms with E-state index in [1.165, 1.54) is 24.8 Å². The molecule has 5 rings (SSSR count). The van der Waals surface area contributed by atoms with Crippen molar-refractivity contribution in [1.82, 2.24) is 15.6 Å². The summed E-state index contributed by atoms with van der Waals surface area (Å²) in [5, 5.41) is 6.57. The Morgan fingerprint density at radius 1 is 1.05 bits per heavy atom. The second-order valence-electron chi connectivity index (χ2n) is 10.3. The Balaban J connectivity index is 1.57. The number of amides is 2. The number of carbonyl (C=O) groups is 1. The zero-order chi connectivity index (χ0) is 27.6. The van der Waals surface area contributed by atoms with Gasteiger partial charge in [-0.15, -0.1) is 0 Å². The van der Waals surface area contributed by atoms with Crippen LogP contribution in [0.3, 0.4) is 0 Å². The van der Waals surface area contributed by atoms with Gasteiger partial charge >= 0.3 is 18.6 Å². The molecule has 39 heavy (non-hydrogen) atoms. The van der Waals surface area contributed by atoms with E-state index in [2.05, 4.69) is 20.4 Å². The maximum atomic E-state index is 13.8. The lowest BCUT2D eigenvalue weighted by Crippen LogP contribution is -2.55. The number of fused-ring (bicyclic) bond motifs is 2. The van der Waals surface area contributed by atoms with Crippen LogP contribution in [0, 0.1) is 11.8 Å². The minimum absolute atomic E-state index is 0.0377. The fourth-order valence-corrected chi connectivity index (χ4v) is 6.01. The first kappa shape index (κ1) is 27.2. The zero-order valence-corrected chi connectivity index (χ0v) is 21.7. The molecule has 2 aliphatic carbocycles. The van der Waals surface area contributed by atoms with E-state index < -0.39 is 29.9 Å². The van der Waals surface area contributed by atoms with Crippen molar-refractivity contribution in [3.8, 4) is 5.75 Å². The number of aromatic nitrogens is 1. The molecule has 2 N–H and O–H groups in total. The van der Waals surface area contributed by atoms with Crippen molar-refractivity contribution in [3.05, 3.63) is 94.8 Å². The van der Waals surface area contributed by atoms with Crippen molar-refractivity contribution < 1.29 is 27.1 Å². The Morgan fingerprint density at radius 3 is 2.49 bits per heavy atom. The van der Waals surface area contributed by atoms with Gasteiger partial charge in [0.25, 0.3) is 0 Å². The predicted molar refractivity (Wildman–Crippen MR) is 139 cm³/mol. The third kappa shape index (κ3) is 5.98. The van der Waals surface area contributed by atoms with Gasteiger partial charge in [0.2, 0.25) is 0 Å². The molecule has 0 unspecified atom stereocenters. The molecule has 2 aromatic carbocycles. The second kappa shape index (κ2) is 11.0. The van der Waals surface area contributed by atoms with Crippen LogP contribution >= 0.6 is 11.6 Å². The molecule has 0 aliphatic heterocycles. The number of nitrogens with one attached hydrogen (secondary N) is 2. The molecule has 2 bridgehead atoms. The van der Waals surface area contributed by atoms with Crippen molar-refractivity contribution >= 4 is 17.6 Å². The average Bonchev–Trinajstić information content (AvgIpc) is 3.52. The van der Waals surface area contributed by atoms with E-state index in [-0.39, 0.29) is 12.5 Å². The first-order valence-electron chi connectivity index (χ1n) is 12.8. The summed E-state index contributed by atoms with van der Waals surface area (Å²) >= 11 is 6.11. The van der Waals surface area contributed by atoms with E-state index in [0.717, 1.165) is 30.9 Å². The second-order valence-corrected chi connectivity index (χ2v) is 10.7. The molecular formula is C29H28ClF4N3O2. The molecule has 0 spiro atoms. The first-order valence-corrected chi connectivity index (χ1v) is 13.2. The first-order chi connectivity index (χ1) is 18.6. The molecule has 0 saturated heterocycles. The van der Waals surface area contributed by atoms with Gasteiger partial charge in [-0.3, -0.25) is 4.98 Å². The van der Waals surface area contributed by atoms with Gasteiger partial charge in [-0.25, -0.2) is 4.79 Å². The number of benzene rings is 2. The van der Waals surface area contributed by atoms with Crippen LogP contribution in [0.25, 0.3) is 0 Å². The summed E-state index contributed by atoms with van der Waals surface area (Å²) in [4.78, 5) is 18.1. The van der Waals surface area contributed by atoms with E-state index in [1.807, 2.05) is 30.3 Å². The van der Waals surface area contributed by atoms with Gasteiger partial charge in [-0.2, -0.15) is 17.6 Å². The predicted octanol–water partition coefficient (Wildman–Crippen LogP) is 6.95. The largest absolute Gasteiger partial charge is 0.461 e. The van der Waals surface area contributed by atoms with Crippen molar-refractivity contribution in [2.45, 2.75) is 56.2 Å². The maximum Gasteiger partial charge on any atom is 0.461 e. The van der Waals surface area contributed by atoms with E-state index >= 15 is 0 Å². The van der Waals surface area contributed by atoms with Crippen LogP contribution in [0.5, 0.6) is 5.75 Å². The quantitative estimate of drug-likeness (QED) is 0.278. The minimum atomic E-state index is -4.69. The molecule has 2 saturated carbocycles. The van der Waals surface area contributed by atoms with Crippen LogP contribution in [0.1, 0.15) is 42.5 Å². The highest BCUT2D eigenvalue weighted by atomic mass is 35.5. The molecule has 10 heteroatoms. The zero-order valence-electron chi connectivity index (χ0n) is 20.9. The summed E-state index contributed by atoms with van der Waals surface area (Å²) in [6, 6.07) is 17.5. The van der Waals surface area contributed by atoms with Crippen molar-refractivity contribution in [1.29, 1.82) is 0 Å². The summed E-state index contributed by atoms with van der Waals surface area (Å²) in [5.41, 5.74) is 0.148. The minimum Gasteiger partial charge on any atom is -0.428 e. The number of halogens is 5. The number of urea groups is 1. The third-order valence-electron chi connectivity index (χ3n) is 7.69. The molecule has 5 nitrogen and oxygen atoms in total. The number of pyridine rings is 1. The lowest BCUT2D eigenvalue weighted by Gasteiger charge is -2.36. The van der Waals surface area contributed by atoms with Crippen LogP contribution in [0.15, 0.2) is 72.9 Å². The summed E-state index contributed by atoms with van der Waals surface area (Å²) < 4.78 is 57.8. The molecule has 2 fully saturated rings. The summed E-state index contributed by atoms with van der Waals surface area (Å²) in [7, 11) is 0. The van der Waals surface area contributed by atoms with Crippen molar-refractivity contribution in [2.75, 3.05) is 0 Å². The topological polar surface area (TPSA) is 63.2 Å². The normalized spacial score (nSPS) is 21.9. The number of rotatable bonds is 9. The highest BCUT2D eigenvalue weighted by Gasteiger charge is 2.45. The van der Waals surface area contributed by atoms with Gasteiger partial charge in [-0.1, -0.05) is 60.5 Å². The number of hydrogen-bond donors (Lipinski definition) is 2. The van der Waals surface area contributed by atoms with E-state index in [4.69, 9.17) is 11.6 Å².